The van der Waals surface area contributed by atoms with Crippen LogP contribution in [-0.4, -0.2) is 47.6 Å². The van der Waals surface area contributed by atoms with Crippen molar-refractivity contribution < 1.29 is 19.5 Å². The van der Waals surface area contributed by atoms with E-state index in [9.17, 15) is 10.2 Å². The summed E-state index contributed by atoms with van der Waals surface area (Å²) in [6.45, 7) is 24.9. The van der Waals surface area contributed by atoms with Gasteiger partial charge in [-0.05, 0) is 126 Å². The summed E-state index contributed by atoms with van der Waals surface area (Å²) in [7, 11) is 1.00. The van der Waals surface area contributed by atoms with Crippen molar-refractivity contribution in [1.29, 1.82) is 0 Å². The molecule has 5 rings (SSSR count). The van der Waals surface area contributed by atoms with Crippen molar-refractivity contribution in [2.24, 2.45) is 5.92 Å². The molecule has 2 aromatic carbocycles. The summed E-state index contributed by atoms with van der Waals surface area (Å²) >= 11 is 0. The predicted molar refractivity (Wildman–Crippen MR) is 307 cm³/mol. The van der Waals surface area contributed by atoms with Crippen LogP contribution in [-0.2, 0) is 20.1 Å². The fourth-order valence-electron chi connectivity index (χ4n) is 12.3. The molecule has 3 aliphatic rings. The van der Waals surface area contributed by atoms with E-state index in [0.717, 1.165) is 0 Å². The first-order valence-corrected chi connectivity index (χ1v) is 29.8. The first kappa shape index (κ1) is 58.8. The molecule has 2 unspecified atom stereocenters. The van der Waals surface area contributed by atoms with Gasteiger partial charge in [0.2, 0.25) is 0 Å². The number of hydrogen-bond donors (Lipinski definition) is 2. The van der Waals surface area contributed by atoms with E-state index in [1.807, 2.05) is 55.4 Å². The minimum Gasteiger partial charge on any atom is -0.427 e. The summed E-state index contributed by atoms with van der Waals surface area (Å²) in [5, 5.41) is 22.2. The molecular weight excluding hydrogens is 854 g/mol. The predicted octanol–water partition coefficient (Wildman–Crippen LogP) is 16.8. The van der Waals surface area contributed by atoms with Crippen molar-refractivity contribution in [3.05, 3.63) is 76.3 Å². The van der Waals surface area contributed by atoms with E-state index >= 15 is 0 Å². The molecule has 0 bridgehead atoms. The Morgan fingerprint density at radius 3 is 1.39 bits per heavy atom. The Hall–Kier alpha value is -2.11. The Bertz CT molecular complexity index is 1910. The molecule has 0 heterocycles. The van der Waals surface area contributed by atoms with E-state index in [1.165, 1.54) is 207 Å². The summed E-state index contributed by atoms with van der Waals surface area (Å²) in [4.78, 5) is 0. The van der Waals surface area contributed by atoms with Crippen LogP contribution in [0.5, 0.6) is 0 Å². The summed E-state index contributed by atoms with van der Waals surface area (Å²) < 4.78 is 13.3. The van der Waals surface area contributed by atoms with Crippen LogP contribution >= 0.6 is 0 Å². The van der Waals surface area contributed by atoms with Crippen LogP contribution in [0.2, 0.25) is 0 Å². The maximum absolute atomic E-state index is 11.1. The number of rotatable bonds is 36. The van der Waals surface area contributed by atoms with Crippen molar-refractivity contribution in [1.82, 2.24) is 0 Å². The monoisotopic (exact) mass is 961 g/mol. The normalized spacial score (nSPS) is 18.1. The van der Waals surface area contributed by atoms with Gasteiger partial charge < -0.3 is 19.5 Å². The van der Waals surface area contributed by atoms with Crippen LogP contribution in [0.15, 0.2) is 54.0 Å². The highest BCUT2D eigenvalue weighted by molar-refractivity contribution is 6.47. The zero-order valence-corrected chi connectivity index (χ0v) is 47.7. The Balaban J connectivity index is 1.69. The first-order chi connectivity index (χ1) is 33.3. The van der Waals surface area contributed by atoms with E-state index in [0.29, 0.717) is 26.8 Å². The van der Waals surface area contributed by atoms with Crippen molar-refractivity contribution in [3.63, 3.8) is 0 Å². The van der Waals surface area contributed by atoms with Crippen LogP contribution in [0.1, 0.15) is 291 Å². The largest absolute Gasteiger partial charge is 0.427 e. The lowest BCUT2D eigenvalue weighted by molar-refractivity contribution is -0.0896. The van der Waals surface area contributed by atoms with Gasteiger partial charge in [-0.2, -0.15) is 0 Å². The molecule has 3 aliphatic carbocycles. The molecule has 0 aliphatic heterocycles. The molecule has 4 nitrogen and oxygen atoms in total. The summed E-state index contributed by atoms with van der Waals surface area (Å²) in [5.74, 6) is 0.721. The van der Waals surface area contributed by atoms with Gasteiger partial charge in [0.1, 0.15) is 0 Å². The Kier molecular flexibility index (Phi) is 22.6. The lowest BCUT2D eigenvalue weighted by atomic mass is 9.63. The fraction of sp³-hybridized carbons (Fsp3) is 0.750. The lowest BCUT2D eigenvalue weighted by Gasteiger charge is -2.40. The number of allylic oxidation sites excluding steroid dienone is 4. The number of fused-ring (bicyclic) bond motifs is 6. The lowest BCUT2D eigenvalue weighted by Crippen LogP contribution is -2.49. The van der Waals surface area contributed by atoms with Crippen LogP contribution in [0.25, 0.3) is 11.1 Å². The molecule has 0 amide bonds. The zero-order chi connectivity index (χ0) is 51.1. The van der Waals surface area contributed by atoms with Gasteiger partial charge >= 0.3 is 15.0 Å². The average Bonchev–Trinajstić information content (AvgIpc) is 3.73. The van der Waals surface area contributed by atoms with E-state index in [1.54, 1.807) is 16.7 Å². The first-order valence-electron chi connectivity index (χ1n) is 29.8. The zero-order valence-electron chi connectivity index (χ0n) is 47.7. The van der Waals surface area contributed by atoms with Gasteiger partial charge in [0.15, 0.2) is 0 Å². The highest BCUT2D eigenvalue weighted by Gasteiger charge is 2.53. The molecule has 2 atom stereocenters. The Labute approximate surface area is 433 Å². The van der Waals surface area contributed by atoms with Gasteiger partial charge in [-0.15, -0.1) is 0 Å². The molecule has 2 N–H and O–H groups in total. The third-order valence-corrected chi connectivity index (χ3v) is 18.4. The second-order valence-electron chi connectivity index (χ2n) is 25.0. The molecule has 0 fully saturated rings. The maximum atomic E-state index is 11.1. The van der Waals surface area contributed by atoms with Crippen molar-refractivity contribution in [2.45, 2.75) is 302 Å². The molecule has 0 radical (unpaired) electrons. The SMILES string of the molecule is CCCCCCCCC1(CCCCCCCC)c2cc(BOC(C)(C)C(C)(C)O)ccc2-c2cc3c(cc21)C1C=CC(BOC(C)(C)C(C)(C)O)=CC1C3(CCCCCCCC)CCCCCCCC. The van der Waals surface area contributed by atoms with Crippen LogP contribution in [0.4, 0.5) is 0 Å². The van der Waals surface area contributed by atoms with Crippen molar-refractivity contribution in [2.75, 3.05) is 0 Å². The number of hydrogen-bond acceptors (Lipinski definition) is 4. The van der Waals surface area contributed by atoms with Crippen LogP contribution in [0.3, 0.4) is 0 Å². The van der Waals surface area contributed by atoms with E-state index < -0.39 is 22.4 Å². The van der Waals surface area contributed by atoms with Gasteiger partial charge in [0.05, 0.1) is 22.4 Å². The third kappa shape index (κ3) is 14.6. The minimum atomic E-state index is -0.960. The second-order valence-corrected chi connectivity index (χ2v) is 25.0. The molecule has 0 aromatic heterocycles. The minimum absolute atomic E-state index is 0.0484. The third-order valence-electron chi connectivity index (χ3n) is 18.4. The van der Waals surface area contributed by atoms with E-state index in [4.69, 9.17) is 9.31 Å². The molecule has 392 valence electrons. The van der Waals surface area contributed by atoms with Crippen molar-refractivity contribution in [3.8, 4) is 11.1 Å². The van der Waals surface area contributed by atoms with Crippen molar-refractivity contribution >= 4 is 20.4 Å². The molecular formula is C64H106B2O4. The van der Waals surface area contributed by atoms with E-state index in [-0.39, 0.29) is 10.8 Å². The maximum Gasteiger partial charge on any atom is 0.309 e. The molecule has 0 saturated carbocycles. The molecule has 0 spiro atoms. The molecule has 70 heavy (non-hydrogen) atoms. The summed E-state index contributed by atoms with van der Waals surface area (Å²) in [5.41, 5.74) is 8.56. The van der Waals surface area contributed by atoms with Gasteiger partial charge in [-0.3, -0.25) is 0 Å². The molecule has 6 heteroatoms. The van der Waals surface area contributed by atoms with Gasteiger partial charge in [0.25, 0.3) is 0 Å². The average molecular weight is 961 g/mol. The molecule has 0 saturated heterocycles. The smallest absolute Gasteiger partial charge is 0.309 e. The number of aliphatic hydroxyl groups is 2. The highest BCUT2D eigenvalue weighted by Crippen LogP contribution is 2.63. The topological polar surface area (TPSA) is 58.9 Å². The number of benzene rings is 2. The van der Waals surface area contributed by atoms with Gasteiger partial charge in [0, 0.05) is 16.7 Å². The van der Waals surface area contributed by atoms with Gasteiger partial charge in [-0.1, -0.05) is 235 Å². The summed E-state index contributed by atoms with van der Waals surface area (Å²) in [6, 6.07) is 13.0. The highest BCUT2D eigenvalue weighted by atomic mass is 16.5. The fourth-order valence-corrected chi connectivity index (χ4v) is 12.3. The molecule has 2 aromatic rings. The number of unbranched alkanes of at least 4 members (excludes halogenated alkanes) is 20. The van der Waals surface area contributed by atoms with E-state index in [2.05, 4.69) is 76.3 Å². The Morgan fingerprint density at radius 2 is 0.914 bits per heavy atom. The van der Waals surface area contributed by atoms with Crippen LogP contribution < -0.4 is 5.46 Å². The Morgan fingerprint density at radius 1 is 0.486 bits per heavy atom. The quantitative estimate of drug-likeness (QED) is 0.0528. The van der Waals surface area contributed by atoms with Crippen LogP contribution in [0, 0.1) is 5.92 Å². The second kappa shape index (κ2) is 26.9. The summed E-state index contributed by atoms with van der Waals surface area (Å²) in [6.07, 6.45) is 43.9. The standard InChI is InChI=1S/C64H106B2O4/c1-13-17-21-25-29-33-41-63(42-34-30-26-22-18-14-2)55-45-49(65-69-61(9,10)59(5,6)67)37-39-51(55)53-48-58-54(47-57(53)63)52-40-38-50(66-70-62(11,12)60(7,8)68)46-56(52)64(58,43-35-31-27-23-19-15-3)44-36-32-28-24-20-16-4/h37-40,45-48,51,55,65-68H,13-36,41-44H2,1-12H3. The van der Waals surface area contributed by atoms with Gasteiger partial charge in [-0.25, -0.2) is 0 Å².